The second-order valence-corrected chi connectivity index (χ2v) is 3.26. The predicted molar refractivity (Wildman–Crippen MR) is 57.5 cm³/mol. The van der Waals surface area contributed by atoms with Gasteiger partial charge < -0.3 is 5.11 Å². The van der Waals surface area contributed by atoms with Crippen molar-refractivity contribution >= 4 is 11.1 Å². The summed E-state index contributed by atoms with van der Waals surface area (Å²) >= 11 is 0. The Kier molecular flexibility index (Phi) is 2.57. The van der Waals surface area contributed by atoms with Crippen molar-refractivity contribution in [3.05, 3.63) is 42.5 Å². The van der Waals surface area contributed by atoms with Crippen LogP contribution in [0.4, 0.5) is 0 Å². The molecule has 0 unspecified atom stereocenters. The molecule has 1 N–H and O–H groups in total. The van der Waals surface area contributed by atoms with E-state index >= 15 is 0 Å². The zero-order valence-corrected chi connectivity index (χ0v) is 8.09. The zero-order chi connectivity index (χ0) is 10.0. The fourth-order valence-electron chi connectivity index (χ4n) is 1.34. The Bertz CT molecular complexity index is 361. The van der Waals surface area contributed by atoms with Crippen LogP contribution in [0.25, 0.3) is 11.1 Å². The number of hydrogen-bond donors (Lipinski definition) is 1. The van der Waals surface area contributed by atoms with Crippen molar-refractivity contribution in [2.75, 3.05) is 0 Å². The molecule has 0 atom stereocenters. The molecule has 0 aliphatic rings. The van der Waals surface area contributed by atoms with E-state index in [0.717, 1.165) is 22.3 Å². The highest BCUT2D eigenvalue weighted by atomic mass is 16.3. The van der Waals surface area contributed by atoms with Crippen molar-refractivity contribution in [2.45, 2.75) is 13.8 Å². The monoisotopic (exact) mass is 174 g/mol. The molecule has 68 valence electrons. The maximum absolute atomic E-state index is 9.61. The number of aromatic hydroxyl groups is 1. The number of allylic oxidation sites excluding steroid dienone is 2. The zero-order valence-electron chi connectivity index (χ0n) is 8.09. The van der Waals surface area contributed by atoms with Crippen LogP contribution < -0.4 is 0 Å². The van der Waals surface area contributed by atoms with Crippen LogP contribution in [0.15, 0.2) is 31.4 Å². The van der Waals surface area contributed by atoms with Gasteiger partial charge >= 0.3 is 0 Å². The van der Waals surface area contributed by atoms with Gasteiger partial charge in [-0.3, -0.25) is 0 Å². The molecule has 0 aliphatic heterocycles. The third-order valence-corrected chi connectivity index (χ3v) is 1.93. The van der Waals surface area contributed by atoms with Crippen LogP contribution in [0, 0.1) is 0 Å². The van der Waals surface area contributed by atoms with Crippen LogP contribution in [0.3, 0.4) is 0 Å². The summed E-state index contributed by atoms with van der Waals surface area (Å²) in [6.07, 6.45) is 0. The molecule has 1 aromatic rings. The molecule has 1 rings (SSSR count). The van der Waals surface area contributed by atoms with Crippen molar-refractivity contribution < 1.29 is 5.11 Å². The van der Waals surface area contributed by atoms with Crippen molar-refractivity contribution in [1.29, 1.82) is 0 Å². The summed E-state index contributed by atoms with van der Waals surface area (Å²) in [6, 6.07) is 5.41. The highest BCUT2D eigenvalue weighted by molar-refractivity contribution is 5.79. The lowest BCUT2D eigenvalue weighted by molar-refractivity contribution is 0.473. The van der Waals surface area contributed by atoms with Gasteiger partial charge in [0.2, 0.25) is 0 Å². The summed E-state index contributed by atoms with van der Waals surface area (Å²) < 4.78 is 0. The molecular formula is C12H14O. The lowest BCUT2D eigenvalue weighted by Gasteiger charge is -2.10. The Morgan fingerprint density at radius 1 is 1.15 bits per heavy atom. The summed E-state index contributed by atoms with van der Waals surface area (Å²) in [5.74, 6) is 0.271. The first kappa shape index (κ1) is 9.59. The van der Waals surface area contributed by atoms with Gasteiger partial charge in [0.25, 0.3) is 0 Å². The number of benzene rings is 1. The van der Waals surface area contributed by atoms with Gasteiger partial charge in [-0.15, -0.1) is 0 Å². The van der Waals surface area contributed by atoms with Gasteiger partial charge in [0.05, 0.1) is 0 Å². The smallest absolute Gasteiger partial charge is 0.123 e. The Morgan fingerprint density at radius 3 is 2.15 bits per heavy atom. The fraction of sp³-hybridized carbons (Fsp3) is 0.167. The third kappa shape index (κ3) is 1.81. The van der Waals surface area contributed by atoms with E-state index in [1.165, 1.54) is 0 Å². The molecule has 0 saturated carbocycles. The Hall–Kier alpha value is -1.50. The van der Waals surface area contributed by atoms with E-state index < -0.39 is 0 Å². The predicted octanol–water partition coefficient (Wildman–Crippen LogP) is 3.46. The van der Waals surface area contributed by atoms with Crippen molar-refractivity contribution in [3.8, 4) is 5.75 Å². The minimum absolute atomic E-state index is 0.271. The normalized spacial score (nSPS) is 9.69. The average molecular weight is 174 g/mol. The van der Waals surface area contributed by atoms with Crippen LogP contribution in [-0.2, 0) is 0 Å². The van der Waals surface area contributed by atoms with E-state index in [1.54, 1.807) is 6.07 Å². The second kappa shape index (κ2) is 3.48. The van der Waals surface area contributed by atoms with Crippen molar-refractivity contribution in [1.82, 2.24) is 0 Å². The Morgan fingerprint density at radius 2 is 1.77 bits per heavy atom. The molecule has 0 saturated heterocycles. The van der Waals surface area contributed by atoms with E-state index in [-0.39, 0.29) is 5.75 Å². The van der Waals surface area contributed by atoms with E-state index in [4.69, 9.17) is 0 Å². The minimum Gasteiger partial charge on any atom is -0.507 e. The van der Waals surface area contributed by atoms with E-state index in [1.807, 2.05) is 26.0 Å². The second-order valence-electron chi connectivity index (χ2n) is 3.26. The lowest BCUT2D eigenvalue weighted by Crippen LogP contribution is -1.88. The molecule has 0 radical (unpaired) electrons. The van der Waals surface area contributed by atoms with Crippen LogP contribution in [-0.4, -0.2) is 5.11 Å². The summed E-state index contributed by atoms with van der Waals surface area (Å²) in [7, 11) is 0. The molecule has 0 bridgehead atoms. The molecule has 0 spiro atoms. The molecular weight excluding hydrogens is 160 g/mol. The topological polar surface area (TPSA) is 20.2 Å². The van der Waals surface area contributed by atoms with Crippen LogP contribution in [0.1, 0.15) is 25.0 Å². The molecule has 13 heavy (non-hydrogen) atoms. The first-order valence-corrected chi connectivity index (χ1v) is 4.17. The van der Waals surface area contributed by atoms with Gasteiger partial charge in [0.1, 0.15) is 5.75 Å². The van der Waals surface area contributed by atoms with Crippen molar-refractivity contribution in [2.24, 2.45) is 0 Å². The van der Waals surface area contributed by atoms with E-state index in [2.05, 4.69) is 13.2 Å². The van der Waals surface area contributed by atoms with Gasteiger partial charge in [-0.1, -0.05) is 30.9 Å². The quantitative estimate of drug-likeness (QED) is 0.728. The number of hydrogen-bond acceptors (Lipinski definition) is 1. The summed E-state index contributed by atoms with van der Waals surface area (Å²) in [5, 5.41) is 9.61. The van der Waals surface area contributed by atoms with Gasteiger partial charge in [-0.2, -0.15) is 0 Å². The van der Waals surface area contributed by atoms with Gasteiger partial charge in [0, 0.05) is 5.56 Å². The van der Waals surface area contributed by atoms with Crippen LogP contribution >= 0.6 is 0 Å². The van der Waals surface area contributed by atoms with Crippen LogP contribution in [0.5, 0.6) is 5.75 Å². The highest BCUT2D eigenvalue weighted by Crippen LogP contribution is 2.30. The third-order valence-electron chi connectivity index (χ3n) is 1.93. The van der Waals surface area contributed by atoms with Gasteiger partial charge in [-0.05, 0) is 31.1 Å². The first-order chi connectivity index (χ1) is 6.04. The number of phenolic OH excluding ortho intramolecular Hbond substituents is 1. The molecule has 0 heterocycles. The molecule has 0 fully saturated rings. The molecule has 0 aromatic heterocycles. The van der Waals surface area contributed by atoms with E-state index in [0.29, 0.717) is 0 Å². The molecule has 1 nitrogen and oxygen atoms in total. The summed E-state index contributed by atoms with van der Waals surface area (Å²) in [5.41, 5.74) is 3.56. The van der Waals surface area contributed by atoms with Gasteiger partial charge in [-0.25, -0.2) is 0 Å². The minimum atomic E-state index is 0.271. The van der Waals surface area contributed by atoms with Crippen LogP contribution in [0.2, 0.25) is 0 Å². The molecule has 0 aliphatic carbocycles. The number of rotatable bonds is 2. The first-order valence-electron chi connectivity index (χ1n) is 4.17. The SMILES string of the molecule is C=C(C)c1cccc(O)c1C(=C)C. The largest absolute Gasteiger partial charge is 0.507 e. The molecule has 1 heteroatoms. The van der Waals surface area contributed by atoms with Gasteiger partial charge in [0.15, 0.2) is 0 Å². The molecule has 0 amide bonds. The average Bonchev–Trinajstić information content (AvgIpc) is 2.02. The standard InChI is InChI=1S/C12H14O/c1-8(2)10-6-5-7-11(13)12(10)9(3)4/h5-7,13H,1,3H2,2,4H3. The van der Waals surface area contributed by atoms with E-state index in [9.17, 15) is 5.11 Å². The molecule has 1 aromatic carbocycles. The lowest BCUT2D eigenvalue weighted by atomic mass is 9.97. The summed E-state index contributed by atoms with van der Waals surface area (Å²) in [4.78, 5) is 0. The fourth-order valence-corrected chi connectivity index (χ4v) is 1.34. The highest BCUT2D eigenvalue weighted by Gasteiger charge is 2.07. The Balaban J connectivity index is 3.43. The Labute approximate surface area is 79.0 Å². The summed E-state index contributed by atoms with van der Waals surface area (Å²) in [6.45, 7) is 11.5. The maximum Gasteiger partial charge on any atom is 0.123 e. The number of phenols is 1. The van der Waals surface area contributed by atoms with Crippen molar-refractivity contribution in [3.63, 3.8) is 0 Å². The maximum atomic E-state index is 9.61.